The smallest absolute Gasteiger partial charge is 0.240 e. The molecule has 0 unspecified atom stereocenters. The highest BCUT2D eigenvalue weighted by Crippen LogP contribution is 2.20. The van der Waals surface area contributed by atoms with Crippen LogP contribution in [0.2, 0.25) is 0 Å². The van der Waals surface area contributed by atoms with E-state index in [9.17, 15) is 8.42 Å². The molecular formula is C22H31N3O2S. The van der Waals surface area contributed by atoms with Gasteiger partial charge in [0, 0.05) is 38.4 Å². The molecule has 0 bridgehead atoms. The Morgan fingerprint density at radius 3 is 2.21 bits per heavy atom. The van der Waals surface area contributed by atoms with Gasteiger partial charge in [0.15, 0.2) is 0 Å². The maximum Gasteiger partial charge on any atom is 0.240 e. The monoisotopic (exact) mass is 401 g/mol. The second-order valence-electron chi connectivity index (χ2n) is 7.62. The Bertz CT molecular complexity index is 889. The predicted molar refractivity (Wildman–Crippen MR) is 116 cm³/mol. The number of piperazine rings is 1. The summed E-state index contributed by atoms with van der Waals surface area (Å²) in [5.41, 5.74) is 4.19. The van der Waals surface area contributed by atoms with Crippen molar-refractivity contribution >= 4 is 15.7 Å². The third kappa shape index (κ3) is 5.13. The molecule has 0 aliphatic carbocycles. The Balaban J connectivity index is 1.44. The third-order valence-electron chi connectivity index (χ3n) is 5.52. The minimum absolute atomic E-state index is 0.395. The Morgan fingerprint density at radius 2 is 1.54 bits per heavy atom. The molecule has 1 fully saturated rings. The predicted octanol–water partition coefficient (Wildman–Crippen LogP) is 3.10. The molecule has 5 nitrogen and oxygen atoms in total. The summed E-state index contributed by atoms with van der Waals surface area (Å²) in [5, 5.41) is 0. The minimum atomic E-state index is -3.45. The molecule has 2 aromatic carbocycles. The number of aryl methyl sites for hydroxylation is 3. The summed E-state index contributed by atoms with van der Waals surface area (Å²) in [6.07, 6.45) is 0.814. The average Bonchev–Trinajstić information content (AvgIpc) is 2.69. The van der Waals surface area contributed by atoms with E-state index in [0.717, 1.165) is 55.8 Å². The summed E-state index contributed by atoms with van der Waals surface area (Å²) in [6, 6.07) is 14.2. The quantitative estimate of drug-likeness (QED) is 0.725. The summed E-state index contributed by atoms with van der Waals surface area (Å²) < 4.78 is 28.0. The van der Waals surface area contributed by atoms with Gasteiger partial charge in [-0.05, 0) is 68.6 Å². The molecule has 0 radical (unpaired) electrons. The number of anilines is 1. The van der Waals surface area contributed by atoms with Crippen LogP contribution < -0.4 is 9.62 Å². The van der Waals surface area contributed by atoms with E-state index >= 15 is 0 Å². The fourth-order valence-corrected chi connectivity index (χ4v) is 5.06. The lowest BCUT2D eigenvalue weighted by Gasteiger charge is -2.36. The van der Waals surface area contributed by atoms with Crippen molar-refractivity contribution < 1.29 is 8.42 Å². The van der Waals surface area contributed by atoms with E-state index in [1.807, 2.05) is 32.9 Å². The molecular weight excluding hydrogens is 370 g/mol. The van der Waals surface area contributed by atoms with Crippen LogP contribution in [0.15, 0.2) is 47.4 Å². The largest absolute Gasteiger partial charge is 0.369 e. The molecule has 0 amide bonds. The van der Waals surface area contributed by atoms with Crippen LogP contribution in [-0.2, 0) is 10.0 Å². The summed E-state index contributed by atoms with van der Waals surface area (Å²) in [4.78, 5) is 5.21. The molecule has 2 aromatic rings. The van der Waals surface area contributed by atoms with Gasteiger partial charge in [0.05, 0.1) is 4.90 Å². The van der Waals surface area contributed by atoms with Crippen LogP contribution in [0.3, 0.4) is 0 Å². The van der Waals surface area contributed by atoms with Crippen LogP contribution in [0, 0.1) is 20.8 Å². The van der Waals surface area contributed by atoms with E-state index in [4.69, 9.17) is 0 Å². The van der Waals surface area contributed by atoms with Gasteiger partial charge in [-0.3, -0.25) is 4.90 Å². The normalized spacial score (nSPS) is 15.8. The average molecular weight is 402 g/mol. The minimum Gasteiger partial charge on any atom is -0.369 e. The summed E-state index contributed by atoms with van der Waals surface area (Å²) >= 11 is 0. The molecule has 0 atom stereocenters. The van der Waals surface area contributed by atoms with Crippen molar-refractivity contribution in [3.63, 3.8) is 0 Å². The van der Waals surface area contributed by atoms with Crippen molar-refractivity contribution in [3.8, 4) is 0 Å². The Kier molecular flexibility index (Phi) is 6.75. The highest BCUT2D eigenvalue weighted by Gasteiger charge is 2.19. The zero-order valence-electron chi connectivity index (χ0n) is 17.1. The van der Waals surface area contributed by atoms with Gasteiger partial charge in [-0.25, -0.2) is 13.1 Å². The van der Waals surface area contributed by atoms with Gasteiger partial charge >= 0.3 is 0 Å². The number of para-hydroxylation sites is 1. The Labute approximate surface area is 169 Å². The van der Waals surface area contributed by atoms with Crippen molar-refractivity contribution in [2.45, 2.75) is 32.1 Å². The molecule has 1 saturated heterocycles. The van der Waals surface area contributed by atoms with Gasteiger partial charge < -0.3 is 4.90 Å². The van der Waals surface area contributed by atoms with Crippen molar-refractivity contribution in [2.75, 3.05) is 44.2 Å². The zero-order chi connectivity index (χ0) is 20.1. The van der Waals surface area contributed by atoms with E-state index in [1.54, 1.807) is 6.07 Å². The number of benzene rings is 2. The maximum atomic E-state index is 12.6. The van der Waals surface area contributed by atoms with E-state index in [-0.39, 0.29) is 0 Å². The van der Waals surface area contributed by atoms with Crippen LogP contribution in [0.4, 0.5) is 5.69 Å². The van der Waals surface area contributed by atoms with Crippen LogP contribution in [0.5, 0.6) is 0 Å². The Morgan fingerprint density at radius 1 is 0.893 bits per heavy atom. The number of hydrogen-bond donors (Lipinski definition) is 1. The highest BCUT2D eigenvalue weighted by atomic mass is 32.2. The molecule has 3 rings (SSSR count). The first-order valence-corrected chi connectivity index (χ1v) is 11.4. The van der Waals surface area contributed by atoms with Gasteiger partial charge in [-0.1, -0.05) is 24.3 Å². The van der Waals surface area contributed by atoms with E-state index < -0.39 is 10.0 Å². The lowest BCUT2D eigenvalue weighted by atomic mass is 10.1. The fourth-order valence-electron chi connectivity index (χ4n) is 3.68. The fraction of sp³-hybridized carbons (Fsp3) is 0.455. The lowest BCUT2D eigenvalue weighted by molar-refractivity contribution is 0.255. The van der Waals surface area contributed by atoms with Crippen LogP contribution in [-0.4, -0.2) is 52.6 Å². The number of rotatable bonds is 7. The molecule has 0 spiro atoms. The topological polar surface area (TPSA) is 52.7 Å². The summed E-state index contributed by atoms with van der Waals surface area (Å²) in [6.45, 7) is 11.2. The van der Waals surface area contributed by atoms with E-state index in [0.29, 0.717) is 11.4 Å². The maximum absolute atomic E-state index is 12.6. The van der Waals surface area contributed by atoms with Gasteiger partial charge in [-0.2, -0.15) is 0 Å². The highest BCUT2D eigenvalue weighted by molar-refractivity contribution is 7.89. The van der Waals surface area contributed by atoms with Crippen molar-refractivity contribution in [3.05, 3.63) is 59.2 Å². The first-order valence-electron chi connectivity index (χ1n) is 9.97. The Hall–Kier alpha value is -1.89. The van der Waals surface area contributed by atoms with Gasteiger partial charge in [0.2, 0.25) is 10.0 Å². The molecule has 28 heavy (non-hydrogen) atoms. The number of nitrogens with zero attached hydrogens (tertiary/aromatic N) is 2. The van der Waals surface area contributed by atoms with Crippen molar-refractivity contribution in [2.24, 2.45) is 0 Å². The van der Waals surface area contributed by atoms with E-state index in [1.165, 1.54) is 5.69 Å². The van der Waals surface area contributed by atoms with Crippen LogP contribution in [0.25, 0.3) is 0 Å². The number of nitrogens with one attached hydrogen (secondary N) is 1. The second kappa shape index (κ2) is 9.07. The number of sulfonamides is 1. The molecule has 1 aliphatic rings. The lowest BCUT2D eigenvalue weighted by Crippen LogP contribution is -2.47. The summed E-state index contributed by atoms with van der Waals surface area (Å²) in [5.74, 6) is 0. The molecule has 0 aromatic heterocycles. The van der Waals surface area contributed by atoms with Gasteiger partial charge in [-0.15, -0.1) is 0 Å². The first-order chi connectivity index (χ1) is 13.4. The SMILES string of the molecule is Cc1cc(C)c(S(=O)(=O)NCCCN2CCN(c3ccccc3)CC2)cc1C. The molecule has 1 heterocycles. The molecule has 6 heteroatoms. The van der Waals surface area contributed by atoms with Crippen molar-refractivity contribution in [1.82, 2.24) is 9.62 Å². The first kappa shape index (κ1) is 20.8. The number of hydrogen-bond acceptors (Lipinski definition) is 4. The van der Waals surface area contributed by atoms with Crippen molar-refractivity contribution in [1.29, 1.82) is 0 Å². The van der Waals surface area contributed by atoms with Gasteiger partial charge in [0.1, 0.15) is 0 Å². The third-order valence-corrected chi connectivity index (χ3v) is 7.12. The van der Waals surface area contributed by atoms with Crippen LogP contribution in [0.1, 0.15) is 23.1 Å². The molecule has 0 saturated carbocycles. The van der Waals surface area contributed by atoms with Gasteiger partial charge in [0.25, 0.3) is 0 Å². The standard InChI is InChI=1S/C22H31N3O2S/c1-18-16-20(3)22(17-19(18)2)28(26,27)23-10-7-11-24-12-14-25(15-13-24)21-8-5-4-6-9-21/h4-6,8-9,16-17,23H,7,10-15H2,1-3H3. The second-order valence-corrected chi connectivity index (χ2v) is 9.35. The molecule has 152 valence electrons. The molecule has 1 aliphatic heterocycles. The van der Waals surface area contributed by atoms with E-state index in [2.05, 4.69) is 38.8 Å². The summed E-state index contributed by atoms with van der Waals surface area (Å²) in [7, 11) is -3.45. The molecule has 1 N–H and O–H groups in total. The van der Waals surface area contributed by atoms with Crippen LogP contribution >= 0.6 is 0 Å². The zero-order valence-corrected chi connectivity index (χ0v) is 17.9.